The Kier molecular flexibility index (Phi) is 8.41. The quantitative estimate of drug-likeness (QED) is 0.313. The second-order valence-electron chi connectivity index (χ2n) is 9.21. The number of rotatable bonds is 11. The van der Waals surface area contributed by atoms with E-state index >= 15 is 0 Å². The first kappa shape index (κ1) is 25.9. The van der Waals surface area contributed by atoms with Crippen LogP contribution in [0.2, 0.25) is 0 Å². The largest absolute Gasteiger partial charge is 0.354 e. The number of halogens is 1. The molecule has 0 unspecified atom stereocenters. The lowest BCUT2D eigenvalue weighted by atomic mass is 10.1. The number of nitrogens with zero attached hydrogens (tertiary/aromatic N) is 2. The third-order valence-electron chi connectivity index (χ3n) is 6.66. The van der Waals surface area contributed by atoms with Crippen molar-refractivity contribution >= 4 is 50.1 Å². The molecule has 3 amide bonds. The average Bonchev–Trinajstić information content (AvgIpc) is 3.15. The summed E-state index contributed by atoms with van der Waals surface area (Å²) in [6.45, 7) is 5.23. The number of amides is 3. The fourth-order valence-corrected chi connectivity index (χ4v) is 5.13. The fraction of sp³-hybridized carbons (Fsp3) is 0.345. The summed E-state index contributed by atoms with van der Waals surface area (Å²) in [5.74, 6) is -0.275. The second kappa shape index (κ2) is 11.7. The molecule has 188 valence electrons. The highest BCUT2D eigenvalue weighted by molar-refractivity contribution is 9.10. The lowest BCUT2D eigenvalue weighted by molar-refractivity contribution is -0.140. The van der Waals surface area contributed by atoms with Crippen molar-refractivity contribution in [3.63, 3.8) is 0 Å². The Bertz CT molecular complexity index is 1270. The van der Waals surface area contributed by atoms with E-state index in [2.05, 4.69) is 28.2 Å². The van der Waals surface area contributed by atoms with Gasteiger partial charge < -0.3 is 15.1 Å². The van der Waals surface area contributed by atoms with Gasteiger partial charge in [0.15, 0.2) is 0 Å². The van der Waals surface area contributed by atoms with Gasteiger partial charge in [-0.05, 0) is 55.0 Å². The molecule has 1 aliphatic rings. The highest BCUT2D eigenvalue weighted by Crippen LogP contribution is 2.37. The molecule has 7 heteroatoms. The van der Waals surface area contributed by atoms with Crippen molar-refractivity contribution in [1.82, 2.24) is 10.2 Å². The molecule has 0 fully saturated rings. The SMILES string of the molecule is CCCCNC(=O)[C@@H](C)N(Cc1cccc(Br)c1)C(=O)CCCN1C(=O)c2cccc3cccc1c23. The van der Waals surface area contributed by atoms with Gasteiger partial charge in [0, 0.05) is 41.5 Å². The van der Waals surface area contributed by atoms with Crippen molar-refractivity contribution in [2.24, 2.45) is 0 Å². The standard InChI is InChI=1S/C29H32BrN3O3/c1-3-4-16-31-28(35)20(2)33(19-21-9-5-12-23(30)18-21)26(34)15-8-17-32-25-14-7-11-22-10-6-13-24(27(22)25)29(32)36/h5-7,9-14,18,20H,3-4,8,15-17,19H2,1-2H3,(H,31,35)/t20-/m1/s1. The molecule has 0 spiro atoms. The minimum Gasteiger partial charge on any atom is -0.354 e. The van der Waals surface area contributed by atoms with Crippen LogP contribution in [0.25, 0.3) is 10.8 Å². The lowest BCUT2D eigenvalue weighted by Gasteiger charge is -2.29. The smallest absolute Gasteiger partial charge is 0.258 e. The molecule has 3 aromatic carbocycles. The minimum atomic E-state index is -0.597. The molecular formula is C29H32BrN3O3. The zero-order valence-corrected chi connectivity index (χ0v) is 22.4. The first-order chi connectivity index (χ1) is 17.4. The molecule has 1 N–H and O–H groups in total. The molecule has 0 aromatic heterocycles. The Hall–Kier alpha value is -3.19. The maximum Gasteiger partial charge on any atom is 0.258 e. The minimum absolute atomic E-state index is 0.0242. The van der Waals surface area contributed by atoms with Gasteiger partial charge in [-0.25, -0.2) is 0 Å². The molecule has 0 saturated heterocycles. The van der Waals surface area contributed by atoms with Gasteiger partial charge in [0.05, 0.1) is 5.69 Å². The van der Waals surface area contributed by atoms with Crippen LogP contribution in [0.3, 0.4) is 0 Å². The predicted octanol–water partition coefficient (Wildman–Crippen LogP) is 5.68. The fourth-order valence-electron chi connectivity index (χ4n) is 4.68. The van der Waals surface area contributed by atoms with E-state index in [1.54, 1.807) is 16.7 Å². The second-order valence-corrected chi connectivity index (χ2v) is 10.1. The van der Waals surface area contributed by atoms with E-state index in [1.165, 1.54) is 0 Å². The topological polar surface area (TPSA) is 69.7 Å². The molecule has 0 aliphatic carbocycles. The lowest BCUT2D eigenvalue weighted by Crippen LogP contribution is -2.47. The zero-order chi connectivity index (χ0) is 25.7. The van der Waals surface area contributed by atoms with Crippen LogP contribution in [0.15, 0.2) is 65.1 Å². The summed E-state index contributed by atoms with van der Waals surface area (Å²) < 4.78 is 0.925. The summed E-state index contributed by atoms with van der Waals surface area (Å²) in [6.07, 6.45) is 2.64. The van der Waals surface area contributed by atoms with E-state index < -0.39 is 6.04 Å². The van der Waals surface area contributed by atoms with Gasteiger partial charge in [0.2, 0.25) is 11.8 Å². The summed E-state index contributed by atoms with van der Waals surface area (Å²) in [6, 6.07) is 18.9. The Labute approximate surface area is 220 Å². The third kappa shape index (κ3) is 5.62. The summed E-state index contributed by atoms with van der Waals surface area (Å²) >= 11 is 3.49. The van der Waals surface area contributed by atoms with Crippen LogP contribution in [0.4, 0.5) is 5.69 Å². The van der Waals surface area contributed by atoms with Gasteiger partial charge >= 0.3 is 0 Å². The van der Waals surface area contributed by atoms with E-state index in [0.29, 0.717) is 31.6 Å². The molecule has 1 aliphatic heterocycles. The summed E-state index contributed by atoms with van der Waals surface area (Å²) in [5.41, 5.74) is 2.56. The molecule has 4 rings (SSSR count). The van der Waals surface area contributed by atoms with E-state index in [4.69, 9.17) is 0 Å². The maximum absolute atomic E-state index is 13.4. The Morgan fingerprint density at radius 1 is 1.06 bits per heavy atom. The number of carbonyl (C=O) groups excluding carboxylic acids is 3. The van der Waals surface area contributed by atoms with Gasteiger partial charge in [-0.3, -0.25) is 14.4 Å². The van der Waals surface area contributed by atoms with Crippen LogP contribution in [0.5, 0.6) is 0 Å². The molecule has 0 radical (unpaired) electrons. The van der Waals surface area contributed by atoms with E-state index in [0.717, 1.165) is 39.3 Å². The van der Waals surface area contributed by atoms with Crippen LogP contribution < -0.4 is 10.2 Å². The van der Waals surface area contributed by atoms with Crippen molar-refractivity contribution in [3.05, 3.63) is 76.3 Å². The average molecular weight is 550 g/mol. The van der Waals surface area contributed by atoms with Gasteiger partial charge in [-0.2, -0.15) is 0 Å². The monoisotopic (exact) mass is 549 g/mol. The van der Waals surface area contributed by atoms with Crippen molar-refractivity contribution < 1.29 is 14.4 Å². The molecule has 0 bridgehead atoms. The number of benzene rings is 3. The normalized spacial score (nSPS) is 13.2. The van der Waals surface area contributed by atoms with Gasteiger partial charge in [-0.15, -0.1) is 0 Å². The predicted molar refractivity (Wildman–Crippen MR) is 147 cm³/mol. The molecule has 6 nitrogen and oxygen atoms in total. The van der Waals surface area contributed by atoms with Crippen LogP contribution in [-0.2, 0) is 16.1 Å². The maximum atomic E-state index is 13.4. The van der Waals surface area contributed by atoms with Crippen molar-refractivity contribution in [2.75, 3.05) is 18.0 Å². The molecule has 36 heavy (non-hydrogen) atoms. The van der Waals surface area contributed by atoms with Crippen LogP contribution >= 0.6 is 15.9 Å². The Morgan fingerprint density at radius 3 is 2.56 bits per heavy atom. The summed E-state index contributed by atoms with van der Waals surface area (Å²) in [5, 5.41) is 4.97. The van der Waals surface area contributed by atoms with E-state index in [1.807, 2.05) is 60.7 Å². The van der Waals surface area contributed by atoms with Gasteiger partial charge in [-0.1, -0.05) is 65.7 Å². The summed E-state index contributed by atoms with van der Waals surface area (Å²) in [7, 11) is 0. The molecule has 1 atom stereocenters. The van der Waals surface area contributed by atoms with Crippen molar-refractivity contribution in [2.45, 2.75) is 52.1 Å². The van der Waals surface area contributed by atoms with Crippen LogP contribution in [-0.4, -0.2) is 41.8 Å². The molecule has 1 heterocycles. The number of nitrogens with one attached hydrogen (secondary N) is 1. The molecular weight excluding hydrogens is 518 g/mol. The highest BCUT2D eigenvalue weighted by Gasteiger charge is 2.30. The van der Waals surface area contributed by atoms with E-state index in [9.17, 15) is 14.4 Å². The molecule has 3 aromatic rings. The number of anilines is 1. The van der Waals surface area contributed by atoms with Crippen molar-refractivity contribution in [3.8, 4) is 0 Å². The van der Waals surface area contributed by atoms with Crippen molar-refractivity contribution in [1.29, 1.82) is 0 Å². The number of unbranched alkanes of at least 4 members (excludes halogenated alkanes) is 1. The highest BCUT2D eigenvalue weighted by atomic mass is 79.9. The molecule has 0 saturated carbocycles. The first-order valence-corrected chi connectivity index (χ1v) is 13.3. The third-order valence-corrected chi connectivity index (χ3v) is 7.15. The summed E-state index contributed by atoms with van der Waals surface area (Å²) in [4.78, 5) is 42.7. The van der Waals surface area contributed by atoms with Crippen LogP contribution in [0, 0.1) is 0 Å². The number of hydrogen-bond donors (Lipinski definition) is 1. The Balaban J connectivity index is 1.44. The first-order valence-electron chi connectivity index (χ1n) is 12.6. The van der Waals surface area contributed by atoms with Gasteiger partial charge in [0.25, 0.3) is 5.91 Å². The zero-order valence-electron chi connectivity index (χ0n) is 20.8. The van der Waals surface area contributed by atoms with E-state index in [-0.39, 0.29) is 24.1 Å². The number of hydrogen-bond acceptors (Lipinski definition) is 3. The van der Waals surface area contributed by atoms with Crippen LogP contribution in [0.1, 0.15) is 55.5 Å². The van der Waals surface area contributed by atoms with Gasteiger partial charge in [0.1, 0.15) is 6.04 Å². The number of carbonyl (C=O) groups is 3. The Morgan fingerprint density at radius 2 is 1.81 bits per heavy atom.